The van der Waals surface area contributed by atoms with Crippen LogP contribution in [-0.4, -0.2) is 44.6 Å². The molecule has 5 nitrogen and oxygen atoms in total. The van der Waals surface area contributed by atoms with Gasteiger partial charge in [0, 0.05) is 11.9 Å². The van der Waals surface area contributed by atoms with Crippen LogP contribution in [0.4, 0.5) is 0 Å². The molecule has 7 heteroatoms. The van der Waals surface area contributed by atoms with Gasteiger partial charge in [-0.3, -0.25) is 4.79 Å². The molecule has 1 aromatic rings. The number of carbonyl (C=O) groups is 2. The van der Waals surface area contributed by atoms with Crippen LogP contribution >= 0.6 is 27.7 Å². The number of esters is 1. The van der Waals surface area contributed by atoms with Gasteiger partial charge in [-0.1, -0.05) is 30.3 Å². The topological polar surface area (TPSA) is 55.8 Å². The van der Waals surface area contributed by atoms with Crippen LogP contribution in [0, 0.1) is 0 Å². The lowest BCUT2D eigenvalue weighted by molar-refractivity contribution is -0.178. The minimum absolute atomic E-state index is 0.202. The van der Waals surface area contributed by atoms with Gasteiger partial charge in [-0.25, -0.2) is 4.79 Å². The minimum Gasteiger partial charge on any atom is -0.459 e. The van der Waals surface area contributed by atoms with E-state index >= 15 is 0 Å². The van der Waals surface area contributed by atoms with Gasteiger partial charge in [-0.15, -0.1) is 11.8 Å². The summed E-state index contributed by atoms with van der Waals surface area (Å²) in [4.78, 5) is 26.6. The Bertz CT molecular complexity index is 638. The first-order valence-electron chi connectivity index (χ1n) is 7.26. The molecule has 1 amide bonds. The van der Waals surface area contributed by atoms with Crippen LogP contribution in [0.1, 0.15) is 19.4 Å². The van der Waals surface area contributed by atoms with Crippen molar-refractivity contribution < 1.29 is 19.1 Å². The van der Waals surface area contributed by atoms with Crippen LogP contribution in [0.5, 0.6) is 0 Å². The zero-order valence-electron chi connectivity index (χ0n) is 13.1. The molecule has 0 saturated carbocycles. The Labute approximate surface area is 147 Å². The maximum absolute atomic E-state index is 12.6. The van der Waals surface area contributed by atoms with E-state index in [1.807, 2.05) is 44.2 Å². The number of rotatable bonds is 4. The average molecular weight is 400 g/mol. The van der Waals surface area contributed by atoms with Crippen molar-refractivity contribution in [2.75, 3.05) is 7.11 Å². The molecule has 0 aliphatic carbocycles. The van der Waals surface area contributed by atoms with Gasteiger partial charge in [-0.2, -0.15) is 0 Å². The van der Waals surface area contributed by atoms with Crippen LogP contribution in [0.25, 0.3) is 0 Å². The Hall–Kier alpha value is -1.05. The van der Waals surface area contributed by atoms with Gasteiger partial charge < -0.3 is 14.4 Å². The number of ether oxygens (including phenoxy) is 2. The maximum Gasteiger partial charge on any atom is 0.330 e. The third kappa shape index (κ3) is 2.58. The molecule has 1 unspecified atom stereocenters. The summed E-state index contributed by atoms with van der Waals surface area (Å²) in [6.07, 6.45) is 0. The van der Waals surface area contributed by atoms with Gasteiger partial charge in [0.05, 0.1) is 0 Å². The number of amides is 1. The van der Waals surface area contributed by atoms with Crippen molar-refractivity contribution in [3.05, 3.63) is 35.9 Å². The molecule has 0 radical (unpaired) electrons. The number of halogens is 1. The number of β-lactam (4-membered cyclic amide) rings is 1. The zero-order chi connectivity index (χ0) is 16.8. The van der Waals surface area contributed by atoms with Gasteiger partial charge in [-0.05, 0) is 35.3 Å². The van der Waals surface area contributed by atoms with E-state index < -0.39 is 15.3 Å². The fraction of sp³-hybridized carbons (Fsp3) is 0.500. The number of alkyl halides is 1. The molecular weight excluding hydrogens is 382 g/mol. The van der Waals surface area contributed by atoms with E-state index in [4.69, 9.17) is 9.47 Å². The number of fused-ring (bicyclic) bond motifs is 1. The number of thioether (sulfide) groups is 1. The molecular formula is C16H18BrNO4S. The highest BCUT2D eigenvalue weighted by Gasteiger charge is 2.71. The third-order valence-electron chi connectivity index (χ3n) is 4.19. The van der Waals surface area contributed by atoms with Gasteiger partial charge in [0.25, 0.3) is 5.91 Å². The highest BCUT2D eigenvalue weighted by molar-refractivity contribution is 9.10. The van der Waals surface area contributed by atoms with Crippen molar-refractivity contribution in [3.63, 3.8) is 0 Å². The van der Waals surface area contributed by atoms with Crippen molar-refractivity contribution in [1.82, 2.24) is 4.90 Å². The first-order valence-corrected chi connectivity index (χ1v) is 8.94. The Morgan fingerprint density at radius 3 is 2.61 bits per heavy atom. The predicted octanol–water partition coefficient (Wildman–Crippen LogP) is 2.53. The Morgan fingerprint density at radius 1 is 1.35 bits per heavy atom. The molecule has 2 saturated heterocycles. The fourth-order valence-corrected chi connectivity index (χ4v) is 5.27. The van der Waals surface area contributed by atoms with E-state index in [9.17, 15) is 9.59 Å². The summed E-state index contributed by atoms with van der Waals surface area (Å²) in [5, 5.41) is -0.232. The zero-order valence-corrected chi connectivity index (χ0v) is 15.5. The van der Waals surface area contributed by atoms with E-state index in [0.29, 0.717) is 0 Å². The van der Waals surface area contributed by atoms with Crippen molar-refractivity contribution in [2.45, 2.75) is 41.1 Å². The molecule has 0 aromatic heterocycles. The highest BCUT2D eigenvalue weighted by Crippen LogP contribution is 2.58. The second kappa shape index (κ2) is 5.79. The minimum atomic E-state index is -1.04. The molecule has 2 aliphatic rings. The van der Waals surface area contributed by atoms with Crippen molar-refractivity contribution in [1.29, 1.82) is 0 Å². The lowest BCUT2D eigenvalue weighted by atomic mass is 9.97. The number of hydrogen-bond acceptors (Lipinski definition) is 5. The van der Waals surface area contributed by atoms with E-state index in [1.54, 1.807) is 16.7 Å². The maximum atomic E-state index is 12.6. The van der Waals surface area contributed by atoms with Crippen LogP contribution in [0.3, 0.4) is 0 Å². The second-order valence-electron chi connectivity index (χ2n) is 6.13. The van der Waals surface area contributed by atoms with Crippen molar-refractivity contribution in [3.8, 4) is 0 Å². The standard InChI is InChI=1S/C16H18BrNO4S/c1-15(2)11(12(19)22-9-10-7-5-4-6-8-10)18-13(20)16(17,21-3)14(18)23-15/h4-8,11,14H,9H2,1-3H3/t11-,14+,16?/m0/s1. The van der Waals surface area contributed by atoms with Crippen LogP contribution in [0.15, 0.2) is 30.3 Å². The average Bonchev–Trinajstić information content (AvgIpc) is 2.82. The van der Waals surface area contributed by atoms with Crippen molar-refractivity contribution >= 4 is 39.6 Å². The lowest BCUT2D eigenvalue weighted by Crippen LogP contribution is -2.71. The summed E-state index contributed by atoms with van der Waals surface area (Å²) in [5.74, 6) is -0.613. The quantitative estimate of drug-likeness (QED) is 0.442. The summed E-state index contributed by atoms with van der Waals surface area (Å²) in [7, 11) is 1.48. The molecule has 0 spiro atoms. The van der Waals surface area contributed by atoms with Gasteiger partial charge in [0.1, 0.15) is 18.0 Å². The Morgan fingerprint density at radius 2 is 2.00 bits per heavy atom. The van der Waals surface area contributed by atoms with E-state index in [2.05, 4.69) is 15.9 Å². The number of benzene rings is 1. The lowest BCUT2D eigenvalue weighted by Gasteiger charge is -2.48. The molecule has 1 aromatic carbocycles. The number of carbonyl (C=O) groups excluding carboxylic acids is 2. The molecule has 23 heavy (non-hydrogen) atoms. The van der Waals surface area contributed by atoms with Crippen molar-refractivity contribution in [2.24, 2.45) is 0 Å². The molecule has 3 rings (SSSR count). The molecule has 2 heterocycles. The summed E-state index contributed by atoms with van der Waals surface area (Å²) in [6, 6.07) is 8.87. The first kappa shape index (κ1) is 16.8. The Balaban J connectivity index is 1.74. The fourth-order valence-electron chi connectivity index (χ4n) is 2.97. The molecule has 3 atom stereocenters. The summed E-state index contributed by atoms with van der Waals surface area (Å²) in [6.45, 7) is 4.09. The molecule has 0 bridgehead atoms. The molecule has 2 aliphatic heterocycles. The van der Waals surface area contributed by atoms with Crippen LogP contribution in [-0.2, 0) is 25.7 Å². The number of methoxy groups -OCH3 is 1. The number of nitrogens with zero attached hydrogens (tertiary/aromatic N) is 1. The van der Waals surface area contributed by atoms with Gasteiger partial charge in [0.2, 0.25) is 4.51 Å². The van der Waals surface area contributed by atoms with Gasteiger partial charge in [0.15, 0.2) is 0 Å². The summed E-state index contributed by atoms with van der Waals surface area (Å²) < 4.78 is 9.27. The number of hydrogen-bond donors (Lipinski definition) is 0. The van der Waals surface area contributed by atoms with E-state index in [0.717, 1.165) is 5.56 Å². The normalized spacial score (nSPS) is 31.5. The molecule has 0 N–H and O–H groups in total. The highest BCUT2D eigenvalue weighted by atomic mass is 79.9. The van der Waals surface area contributed by atoms with E-state index in [-0.39, 0.29) is 23.9 Å². The first-order chi connectivity index (χ1) is 10.8. The molecule has 2 fully saturated rings. The van der Waals surface area contributed by atoms with Crippen LogP contribution < -0.4 is 0 Å². The molecule has 124 valence electrons. The van der Waals surface area contributed by atoms with Crippen LogP contribution in [0.2, 0.25) is 0 Å². The predicted molar refractivity (Wildman–Crippen MR) is 91.0 cm³/mol. The van der Waals surface area contributed by atoms with Gasteiger partial charge >= 0.3 is 5.97 Å². The van der Waals surface area contributed by atoms with E-state index in [1.165, 1.54) is 7.11 Å². The monoisotopic (exact) mass is 399 g/mol. The summed E-state index contributed by atoms with van der Waals surface area (Å²) in [5.41, 5.74) is 0.919. The third-order valence-corrected chi connectivity index (χ3v) is 7.21. The smallest absolute Gasteiger partial charge is 0.330 e. The summed E-state index contributed by atoms with van der Waals surface area (Å²) >= 11 is 4.90. The second-order valence-corrected chi connectivity index (χ2v) is 9.04. The Kier molecular flexibility index (Phi) is 4.23. The SMILES string of the molecule is COC1(Br)C(=O)N2[C@@H](C(=O)OCc3ccccc3)C(C)(C)S[C@@H]21. The largest absolute Gasteiger partial charge is 0.459 e.